The van der Waals surface area contributed by atoms with Crippen molar-refractivity contribution < 1.29 is 19.4 Å². The fraction of sp³-hybridized carbons (Fsp3) is 0.200. The van der Waals surface area contributed by atoms with Crippen molar-refractivity contribution in [3.8, 4) is 23.3 Å². The SMILES string of the molecule is CCOc1ccc(NC(=O)/C(C#N)=C\c2cc(Br)c(O)c(OCC)c2)cc1. The molecule has 0 saturated heterocycles. The third-order valence-electron chi connectivity index (χ3n) is 3.45. The van der Waals surface area contributed by atoms with E-state index in [1.165, 1.54) is 6.08 Å². The predicted octanol–water partition coefficient (Wildman–Crippen LogP) is 4.50. The van der Waals surface area contributed by atoms with Crippen molar-refractivity contribution in [3.63, 3.8) is 0 Å². The van der Waals surface area contributed by atoms with Gasteiger partial charge in [0.2, 0.25) is 0 Å². The number of nitrogens with zero attached hydrogens (tertiary/aromatic N) is 1. The minimum atomic E-state index is -0.538. The number of carbonyl (C=O) groups excluding carboxylic acids is 1. The maximum absolute atomic E-state index is 12.4. The highest BCUT2D eigenvalue weighted by Gasteiger charge is 2.13. The molecule has 7 heteroatoms. The number of hydrogen-bond acceptors (Lipinski definition) is 5. The van der Waals surface area contributed by atoms with Crippen LogP contribution in [0.2, 0.25) is 0 Å². The lowest BCUT2D eigenvalue weighted by Gasteiger charge is -2.09. The van der Waals surface area contributed by atoms with Crippen molar-refractivity contribution in [2.75, 3.05) is 18.5 Å². The van der Waals surface area contributed by atoms with E-state index >= 15 is 0 Å². The Morgan fingerprint density at radius 2 is 1.89 bits per heavy atom. The van der Waals surface area contributed by atoms with Crippen molar-refractivity contribution in [1.29, 1.82) is 5.26 Å². The van der Waals surface area contributed by atoms with Gasteiger partial charge in [-0.05, 0) is 77.8 Å². The molecule has 0 saturated carbocycles. The van der Waals surface area contributed by atoms with E-state index in [1.807, 2.05) is 13.0 Å². The number of aromatic hydroxyl groups is 1. The Kier molecular flexibility index (Phi) is 7.26. The smallest absolute Gasteiger partial charge is 0.266 e. The van der Waals surface area contributed by atoms with Gasteiger partial charge in [0, 0.05) is 5.69 Å². The van der Waals surface area contributed by atoms with Crippen molar-refractivity contribution in [3.05, 3.63) is 52.0 Å². The highest BCUT2D eigenvalue weighted by atomic mass is 79.9. The van der Waals surface area contributed by atoms with Crippen molar-refractivity contribution in [1.82, 2.24) is 0 Å². The molecule has 0 aromatic heterocycles. The van der Waals surface area contributed by atoms with Crippen LogP contribution in [0.4, 0.5) is 5.69 Å². The van der Waals surface area contributed by atoms with E-state index < -0.39 is 5.91 Å². The first-order valence-corrected chi connectivity index (χ1v) is 9.09. The van der Waals surface area contributed by atoms with Crippen LogP contribution in [0.25, 0.3) is 6.08 Å². The molecule has 140 valence electrons. The molecule has 1 amide bonds. The molecule has 0 aliphatic carbocycles. The number of hydrogen-bond donors (Lipinski definition) is 2. The van der Waals surface area contributed by atoms with Crippen LogP contribution >= 0.6 is 15.9 Å². The van der Waals surface area contributed by atoms with Crippen molar-refractivity contribution in [2.24, 2.45) is 0 Å². The van der Waals surface area contributed by atoms with Crippen LogP contribution in [0.15, 0.2) is 46.4 Å². The van der Waals surface area contributed by atoms with Crippen LogP contribution in [0.3, 0.4) is 0 Å². The normalized spacial score (nSPS) is 10.8. The summed E-state index contributed by atoms with van der Waals surface area (Å²) < 4.78 is 11.1. The largest absolute Gasteiger partial charge is 0.503 e. The van der Waals surface area contributed by atoms with E-state index in [9.17, 15) is 15.2 Å². The number of phenolic OH excluding ortho intramolecular Hbond substituents is 1. The van der Waals surface area contributed by atoms with Gasteiger partial charge >= 0.3 is 0 Å². The maximum Gasteiger partial charge on any atom is 0.266 e. The summed E-state index contributed by atoms with van der Waals surface area (Å²) in [4.78, 5) is 12.4. The average molecular weight is 431 g/mol. The molecule has 0 heterocycles. The van der Waals surface area contributed by atoms with E-state index in [1.54, 1.807) is 43.3 Å². The summed E-state index contributed by atoms with van der Waals surface area (Å²) in [6.45, 7) is 4.61. The molecular weight excluding hydrogens is 412 g/mol. The first kappa shape index (κ1) is 20.3. The number of rotatable bonds is 7. The molecule has 0 bridgehead atoms. The van der Waals surface area contributed by atoms with Gasteiger partial charge in [0.15, 0.2) is 11.5 Å². The lowest BCUT2D eigenvalue weighted by Crippen LogP contribution is -2.13. The molecule has 0 aliphatic rings. The second kappa shape index (κ2) is 9.64. The summed E-state index contributed by atoms with van der Waals surface area (Å²) in [5, 5.41) is 22.0. The van der Waals surface area contributed by atoms with Gasteiger partial charge in [0.05, 0.1) is 17.7 Å². The summed E-state index contributed by atoms with van der Waals surface area (Å²) in [6, 6.07) is 11.9. The minimum absolute atomic E-state index is 0.0358. The van der Waals surface area contributed by atoms with E-state index in [4.69, 9.17) is 9.47 Å². The number of nitrogens with one attached hydrogen (secondary N) is 1. The summed E-state index contributed by atoms with van der Waals surface area (Å²) in [5.41, 5.74) is 1.01. The molecular formula is C20H19BrN2O4. The van der Waals surface area contributed by atoms with E-state index in [-0.39, 0.29) is 17.1 Å². The summed E-state index contributed by atoms with van der Waals surface area (Å²) >= 11 is 3.23. The van der Waals surface area contributed by atoms with Gasteiger partial charge in [-0.3, -0.25) is 4.79 Å². The maximum atomic E-state index is 12.4. The first-order chi connectivity index (χ1) is 13.0. The molecule has 0 fully saturated rings. The quantitative estimate of drug-likeness (QED) is 0.498. The third-order valence-corrected chi connectivity index (χ3v) is 4.05. The third kappa shape index (κ3) is 5.50. The summed E-state index contributed by atoms with van der Waals surface area (Å²) in [6.07, 6.45) is 1.43. The number of benzene rings is 2. The number of ether oxygens (including phenoxy) is 2. The Morgan fingerprint density at radius 3 is 2.48 bits per heavy atom. The number of anilines is 1. The van der Waals surface area contributed by atoms with Crippen LogP contribution in [-0.4, -0.2) is 24.2 Å². The molecule has 0 unspecified atom stereocenters. The van der Waals surface area contributed by atoms with Crippen LogP contribution in [0.5, 0.6) is 17.2 Å². The summed E-state index contributed by atoms with van der Waals surface area (Å²) in [5.74, 6) is 0.390. The molecule has 0 spiro atoms. The molecule has 2 rings (SSSR count). The average Bonchev–Trinajstić information content (AvgIpc) is 2.65. The highest BCUT2D eigenvalue weighted by molar-refractivity contribution is 9.10. The van der Waals surface area contributed by atoms with Crippen LogP contribution in [-0.2, 0) is 4.79 Å². The van der Waals surface area contributed by atoms with E-state index in [0.717, 1.165) is 0 Å². The van der Waals surface area contributed by atoms with E-state index in [2.05, 4.69) is 21.2 Å². The topological polar surface area (TPSA) is 91.6 Å². The van der Waals surface area contributed by atoms with Gasteiger partial charge in [-0.25, -0.2) is 0 Å². The fourth-order valence-electron chi connectivity index (χ4n) is 2.26. The van der Waals surface area contributed by atoms with Crippen LogP contribution in [0, 0.1) is 11.3 Å². The Balaban J connectivity index is 2.22. The second-order valence-corrected chi connectivity index (χ2v) is 6.22. The molecule has 2 aromatic rings. The molecule has 2 N–H and O–H groups in total. The monoisotopic (exact) mass is 430 g/mol. The van der Waals surface area contributed by atoms with Crippen LogP contribution < -0.4 is 14.8 Å². The molecule has 6 nitrogen and oxygen atoms in total. The van der Waals surface area contributed by atoms with Gasteiger partial charge < -0.3 is 19.9 Å². The Labute approximate surface area is 166 Å². The predicted molar refractivity (Wildman–Crippen MR) is 107 cm³/mol. The molecule has 2 aromatic carbocycles. The van der Waals surface area contributed by atoms with Crippen molar-refractivity contribution >= 4 is 33.6 Å². The number of nitriles is 1. The standard InChI is InChI=1S/C20H19BrN2O4/c1-3-26-16-7-5-15(6-8-16)23-20(25)14(12-22)9-13-10-17(21)19(24)18(11-13)27-4-2/h5-11,24H,3-4H2,1-2H3,(H,23,25)/b14-9-. The number of carbonyl (C=O) groups is 1. The Bertz CT molecular complexity index is 886. The second-order valence-electron chi connectivity index (χ2n) is 5.36. The zero-order chi connectivity index (χ0) is 19.8. The van der Waals surface area contributed by atoms with Gasteiger partial charge in [-0.2, -0.15) is 5.26 Å². The van der Waals surface area contributed by atoms with Gasteiger partial charge in [-0.15, -0.1) is 0 Å². The zero-order valence-corrected chi connectivity index (χ0v) is 16.5. The molecule has 27 heavy (non-hydrogen) atoms. The Hall–Kier alpha value is -2.98. The van der Waals surface area contributed by atoms with E-state index in [0.29, 0.717) is 34.7 Å². The molecule has 0 aliphatic heterocycles. The fourth-order valence-corrected chi connectivity index (χ4v) is 2.72. The van der Waals surface area contributed by atoms with Gasteiger partial charge in [0.1, 0.15) is 17.4 Å². The lowest BCUT2D eigenvalue weighted by molar-refractivity contribution is -0.112. The lowest BCUT2D eigenvalue weighted by atomic mass is 10.1. The number of halogens is 1. The Morgan fingerprint density at radius 1 is 1.22 bits per heavy atom. The molecule has 0 radical (unpaired) electrons. The van der Waals surface area contributed by atoms with Crippen molar-refractivity contribution in [2.45, 2.75) is 13.8 Å². The van der Waals surface area contributed by atoms with Gasteiger partial charge in [0.25, 0.3) is 5.91 Å². The van der Waals surface area contributed by atoms with Crippen LogP contribution in [0.1, 0.15) is 19.4 Å². The van der Waals surface area contributed by atoms with Gasteiger partial charge in [-0.1, -0.05) is 0 Å². The number of amides is 1. The first-order valence-electron chi connectivity index (χ1n) is 8.29. The molecule has 0 atom stereocenters. The zero-order valence-electron chi connectivity index (χ0n) is 15.0. The summed E-state index contributed by atoms with van der Waals surface area (Å²) in [7, 11) is 0. The minimum Gasteiger partial charge on any atom is -0.503 e. The number of phenols is 1. The highest BCUT2D eigenvalue weighted by Crippen LogP contribution is 2.36.